The zero-order valence-electron chi connectivity index (χ0n) is 14.6. The van der Waals surface area contributed by atoms with Crippen LogP contribution in [0.4, 0.5) is 5.82 Å². The third-order valence-corrected chi connectivity index (χ3v) is 4.95. The Bertz CT molecular complexity index is 566. The first-order valence-corrected chi connectivity index (χ1v) is 8.86. The number of carbonyl (C=O) groups is 1. The quantitative estimate of drug-likeness (QED) is 0.813. The second kappa shape index (κ2) is 7.49. The lowest BCUT2D eigenvalue weighted by atomic mass is 9.90. The molecule has 24 heavy (non-hydrogen) atoms. The first-order chi connectivity index (χ1) is 11.5. The molecule has 1 aromatic rings. The molecule has 0 aromatic carbocycles. The number of hydrogen-bond donors (Lipinski definition) is 2. The Morgan fingerprint density at radius 1 is 1.38 bits per heavy atom. The van der Waals surface area contributed by atoms with Crippen molar-refractivity contribution in [3.05, 3.63) is 23.9 Å². The minimum Gasteiger partial charge on any atom is -0.383 e. The molecule has 1 aliphatic heterocycles. The van der Waals surface area contributed by atoms with Gasteiger partial charge in [-0.05, 0) is 62.4 Å². The van der Waals surface area contributed by atoms with E-state index in [4.69, 9.17) is 0 Å². The number of aliphatic hydroxyl groups excluding tert-OH is 1. The number of pyridine rings is 1. The molecule has 1 aliphatic carbocycles. The summed E-state index contributed by atoms with van der Waals surface area (Å²) in [4.78, 5) is 20.7. The van der Waals surface area contributed by atoms with E-state index in [2.05, 4.69) is 27.3 Å². The number of likely N-dealkylation sites (tertiary alicyclic amines) is 1. The molecule has 2 fully saturated rings. The molecule has 0 radical (unpaired) electrons. The zero-order valence-corrected chi connectivity index (χ0v) is 14.6. The van der Waals surface area contributed by atoms with Gasteiger partial charge >= 0.3 is 0 Å². The van der Waals surface area contributed by atoms with Crippen molar-refractivity contribution in [3.63, 3.8) is 0 Å². The summed E-state index contributed by atoms with van der Waals surface area (Å²) in [5, 5.41) is 13.2. The fraction of sp³-hybridized carbons (Fsp3) is 0.667. The smallest absolute Gasteiger partial charge is 0.249 e. The van der Waals surface area contributed by atoms with Crippen molar-refractivity contribution < 1.29 is 9.90 Å². The third-order valence-electron chi connectivity index (χ3n) is 4.95. The van der Waals surface area contributed by atoms with Crippen molar-refractivity contribution in [3.8, 4) is 0 Å². The van der Waals surface area contributed by atoms with Crippen LogP contribution >= 0.6 is 0 Å². The number of aliphatic hydroxyl groups is 1. The van der Waals surface area contributed by atoms with E-state index in [0.29, 0.717) is 6.04 Å². The van der Waals surface area contributed by atoms with E-state index in [-0.39, 0.29) is 11.8 Å². The van der Waals surface area contributed by atoms with Crippen LogP contribution in [0.25, 0.3) is 0 Å². The van der Waals surface area contributed by atoms with Crippen LogP contribution in [-0.4, -0.2) is 60.2 Å². The summed E-state index contributed by atoms with van der Waals surface area (Å²) in [6, 6.07) is 4.48. The monoisotopic (exact) mass is 332 g/mol. The van der Waals surface area contributed by atoms with Crippen LogP contribution in [-0.2, 0) is 11.3 Å². The second-order valence-corrected chi connectivity index (χ2v) is 7.26. The lowest BCUT2D eigenvalue weighted by Crippen LogP contribution is -2.44. The predicted molar refractivity (Wildman–Crippen MR) is 93.7 cm³/mol. The maximum atomic E-state index is 12.0. The number of nitrogens with one attached hydrogen (secondary N) is 1. The summed E-state index contributed by atoms with van der Waals surface area (Å²) in [5.74, 6) is 0.866. The minimum atomic E-state index is -0.853. The lowest BCUT2D eigenvalue weighted by Gasteiger charge is -2.33. The van der Waals surface area contributed by atoms with Gasteiger partial charge in [-0.1, -0.05) is 0 Å². The first kappa shape index (κ1) is 17.2. The van der Waals surface area contributed by atoms with Gasteiger partial charge in [0.15, 0.2) is 0 Å². The molecule has 1 saturated carbocycles. The summed E-state index contributed by atoms with van der Waals surface area (Å²) in [6.45, 7) is 2.72. The van der Waals surface area contributed by atoms with Crippen molar-refractivity contribution in [2.24, 2.45) is 5.92 Å². The highest BCUT2D eigenvalue weighted by molar-refractivity contribution is 5.81. The van der Waals surface area contributed by atoms with E-state index < -0.39 is 6.10 Å². The number of hydrogen-bond acceptors (Lipinski definition) is 5. The van der Waals surface area contributed by atoms with E-state index in [0.717, 1.165) is 51.1 Å². The maximum absolute atomic E-state index is 12.0. The Labute approximate surface area is 143 Å². The molecule has 2 heterocycles. The van der Waals surface area contributed by atoms with Crippen LogP contribution in [0, 0.1) is 5.92 Å². The molecule has 132 valence electrons. The number of carbonyl (C=O) groups excluding carboxylic acids is 1. The van der Waals surface area contributed by atoms with Gasteiger partial charge in [-0.3, -0.25) is 9.69 Å². The van der Waals surface area contributed by atoms with Gasteiger partial charge in [-0.2, -0.15) is 0 Å². The molecule has 1 amide bonds. The van der Waals surface area contributed by atoms with Gasteiger partial charge in [0, 0.05) is 32.9 Å². The Hall–Kier alpha value is -1.66. The molecule has 0 unspecified atom stereocenters. The Morgan fingerprint density at radius 3 is 2.71 bits per heavy atom. The van der Waals surface area contributed by atoms with Crippen LogP contribution in [0.2, 0.25) is 0 Å². The first-order valence-electron chi connectivity index (χ1n) is 8.86. The van der Waals surface area contributed by atoms with Gasteiger partial charge in [0.05, 0.1) is 0 Å². The topological polar surface area (TPSA) is 68.7 Å². The summed E-state index contributed by atoms with van der Waals surface area (Å²) in [5.41, 5.74) is 1.25. The van der Waals surface area contributed by atoms with Gasteiger partial charge in [0.2, 0.25) is 5.91 Å². The fourth-order valence-corrected chi connectivity index (χ4v) is 3.22. The van der Waals surface area contributed by atoms with Gasteiger partial charge in [-0.25, -0.2) is 4.98 Å². The van der Waals surface area contributed by atoms with Gasteiger partial charge in [0.25, 0.3) is 0 Å². The molecule has 1 atom stereocenters. The van der Waals surface area contributed by atoms with Crippen molar-refractivity contribution in [1.82, 2.24) is 15.2 Å². The van der Waals surface area contributed by atoms with Crippen molar-refractivity contribution in [1.29, 1.82) is 0 Å². The Kier molecular flexibility index (Phi) is 5.36. The highest BCUT2D eigenvalue weighted by Crippen LogP contribution is 2.24. The van der Waals surface area contributed by atoms with Crippen LogP contribution in [0.3, 0.4) is 0 Å². The number of amides is 1. The largest absolute Gasteiger partial charge is 0.383 e. The molecule has 1 saturated heterocycles. The molecule has 3 rings (SSSR count). The SMILES string of the molecule is CN(C)c1cc(CN2CCC([C@@H](O)C(=O)NC3CC3)CC2)ccn1. The van der Waals surface area contributed by atoms with Crippen molar-refractivity contribution >= 4 is 11.7 Å². The standard InChI is InChI=1S/C18H28N4O2/c1-21(2)16-11-13(5-8-19-16)12-22-9-6-14(7-10-22)17(23)18(24)20-15-3-4-15/h5,8,11,14-15,17,23H,3-4,6-7,9-10,12H2,1-2H3,(H,20,24)/t17-/m1/s1. The fourth-order valence-electron chi connectivity index (χ4n) is 3.22. The molecule has 1 aromatic heterocycles. The molecular formula is C18H28N4O2. The molecule has 0 spiro atoms. The predicted octanol–water partition coefficient (Wildman–Crippen LogP) is 0.999. The molecule has 0 bridgehead atoms. The molecular weight excluding hydrogens is 304 g/mol. The summed E-state index contributed by atoms with van der Waals surface area (Å²) < 4.78 is 0. The minimum absolute atomic E-state index is 0.0785. The van der Waals surface area contributed by atoms with Crippen LogP contribution in [0.1, 0.15) is 31.2 Å². The normalized spacial score (nSPS) is 20.6. The van der Waals surface area contributed by atoms with Crippen LogP contribution < -0.4 is 10.2 Å². The zero-order chi connectivity index (χ0) is 17.1. The third kappa shape index (κ3) is 4.45. The number of anilines is 1. The molecule has 6 heteroatoms. The van der Waals surface area contributed by atoms with E-state index in [1.807, 2.05) is 25.2 Å². The van der Waals surface area contributed by atoms with E-state index in [1.54, 1.807) is 0 Å². The van der Waals surface area contributed by atoms with E-state index in [9.17, 15) is 9.90 Å². The van der Waals surface area contributed by atoms with Crippen LogP contribution in [0.15, 0.2) is 18.3 Å². The maximum Gasteiger partial charge on any atom is 0.249 e. The van der Waals surface area contributed by atoms with Crippen molar-refractivity contribution in [2.45, 2.75) is 44.4 Å². The lowest BCUT2D eigenvalue weighted by molar-refractivity contribution is -0.133. The Morgan fingerprint density at radius 2 is 2.08 bits per heavy atom. The van der Waals surface area contributed by atoms with E-state index in [1.165, 1.54) is 5.56 Å². The number of rotatable bonds is 6. The summed E-state index contributed by atoms with van der Waals surface area (Å²) in [7, 11) is 3.98. The van der Waals surface area contributed by atoms with Gasteiger partial charge in [0.1, 0.15) is 11.9 Å². The summed E-state index contributed by atoms with van der Waals surface area (Å²) in [6.07, 6.45) is 4.84. The Balaban J connectivity index is 1.48. The number of aromatic nitrogens is 1. The summed E-state index contributed by atoms with van der Waals surface area (Å²) >= 11 is 0. The van der Waals surface area contributed by atoms with E-state index >= 15 is 0 Å². The molecule has 2 N–H and O–H groups in total. The molecule has 2 aliphatic rings. The van der Waals surface area contributed by atoms with Gasteiger partial charge < -0.3 is 15.3 Å². The molecule has 6 nitrogen and oxygen atoms in total. The average molecular weight is 332 g/mol. The number of piperidine rings is 1. The average Bonchev–Trinajstić information content (AvgIpc) is 3.39. The highest BCUT2D eigenvalue weighted by atomic mass is 16.3. The van der Waals surface area contributed by atoms with Crippen LogP contribution in [0.5, 0.6) is 0 Å². The van der Waals surface area contributed by atoms with Gasteiger partial charge in [-0.15, -0.1) is 0 Å². The highest BCUT2D eigenvalue weighted by Gasteiger charge is 2.32. The van der Waals surface area contributed by atoms with Crippen molar-refractivity contribution in [2.75, 3.05) is 32.1 Å². The second-order valence-electron chi connectivity index (χ2n) is 7.26. The number of nitrogens with zero attached hydrogens (tertiary/aromatic N) is 3.